The van der Waals surface area contributed by atoms with Crippen LogP contribution in [0.25, 0.3) is 0 Å². The summed E-state index contributed by atoms with van der Waals surface area (Å²) in [6.45, 7) is 5.38. The van der Waals surface area contributed by atoms with Gasteiger partial charge in [0.05, 0.1) is 18.6 Å². The van der Waals surface area contributed by atoms with E-state index in [1.54, 1.807) is 20.8 Å². The molecular weight excluding hydrogens is 596 g/mol. The van der Waals surface area contributed by atoms with Crippen molar-refractivity contribution in [2.45, 2.75) is 56.8 Å². The normalized spacial score (nSPS) is 11.9. The van der Waals surface area contributed by atoms with Gasteiger partial charge in [0.25, 0.3) is 0 Å². The van der Waals surface area contributed by atoms with Gasteiger partial charge in [-0.3, -0.25) is 9.59 Å². The molecule has 14 nitrogen and oxygen atoms in total. The van der Waals surface area contributed by atoms with Crippen molar-refractivity contribution in [1.29, 1.82) is 0 Å². The molecule has 0 bridgehead atoms. The van der Waals surface area contributed by atoms with Crippen molar-refractivity contribution >= 4 is 34.1 Å². The zero-order valence-electron chi connectivity index (χ0n) is 25.2. The van der Waals surface area contributed by atoms with Gasteiger partial charge in [0.1, 0.15) is 24.0 Å². The molecule has 1 atom stereocenters. The van der Waals surface area contributed by atoms with Crippen molar-refractivity contribution in [1.82, 2.24) is 20.7 Å². The average molecular weight is 637 g/mol. The van der Waals surface area contributed by atoms with Crippen molar-refractivity contribution < 1.29 is 46.5 Å². The molecular formula is C29H40N4O10S. The summed E-state index contributed by atoms with van der Waals surface area (Å²) in [6, 6.07) is 13.3. The fraction of sp³-hybridized carbons (Fsp3) is 0.448. The van der Waals surface area contributed by atoms with Gasteiger partial charge in [0.15, 0.2) is 0 Å². The molecule has 15 heteroatoms. The van der Waals surface area contributed by atoms with Crippen molar-refractivity contribution in [2.75, 3.05) is 33.4 Å². The average Bonchev–Trinajstić information content (AvgIpc) is 2.98. The fourth-order valence-electron chi connectivity index (χ4n) is 3.44. The first-order valence-corrected chi connectivity index (χ1v) is 15.3. The van der Waals surface area contributed by atoms with Crippen LogP contribution in [0.5, 0.6) is 5.75 Å². The molecule has 0 radical (unpaired) electrons. The van der Waals surface area contributed by atoms with Gasteiger partial charge in [-0.2, -0.15) is 4.72 Å². The first kappa shape index (κ1) is 35.8. The third kappa shape index (κ3) is 14.2. The van der Waals surface area contributed by atoms with E-state index in [1.807, 2.05) is 30.3 Å². The Kier molecular flexibility index (Phi) is 14.4. The molecule has 44 heavy (non-hydrogen) atoms. The Hall–Kier alpha value is -4.37. The number of carbonyl (C=O) groups is 4. The Balaban J connectivity index is 1.70. The SMILES string of the molecule is COC(=O)C(CNC(=O)OC(C)(C)C)NS(=O)(=O)c1ccc(OCCCC(=O)NCCNC(=O)OCc2ccccc2)cc1. The fourth-order valence-corrected chi connectivity index (χ4v) is 4.62. The van der Waals surface area contributed by atoms with Gasteiger partial charge in [-0.15, -0.1) is 0 Å². The van der Waals surface area contributed by atoms with Gasteiger partial charge in [-0.05, 0) is 57.0 Å². The summed E-state index contributed by atoms with van der Waals surface area (Å²) in [5, 5.41) is 7.59. The molecule has 0 aliphatic rings. The number of methoxy groups -OCH3 is 1. The highest BCUT2D eigenvalue weighted by atomic mass is 32.2. The minimum absolute atomic E-state index is 0.145. The number of hydrogen-bond donors (Lipinski definition) is 4. The minimum Gasteiger partial charge on any atom is -0.494 e. The topological polar surface area (TPSA) is 187 Å². The van der Waals surface area contributed by atoms with E-state index in [0.717, 1.165) is 12.7 Å². The first-order valence-electron chi connectivity index (χ1n) is 13.8. The van der Waals surface area contributed by atoms with E-state index in [0.29, 0.717) is 12.2 Å². The lowest BCUT2D eigenvalue weighted by Gasteiger charge is -2.21. The largest absolute Gasteiger partial charge is 0.494 e. The van der Waals surface area contributed by atoms with Gasteiger partial charge in [-0.1, -0.05) is 30.3 Å². The zero-order chi connectivity index (χ0) is 32.6. The van der Waals surface area contributed by atoms with Crippen LogP contribution in [0.3, 0.4) is 0 Å². The number of rotatable bonds is 16. The number of nitrogens with one attached hydrogen (secondary N) is 4. The lowest BCUT2D eigenvalue weighted by Crippen LogP contribution is -2.49. The predicted molar refractivity (Wildman–Crippen MR) is 159 cm³/mol. The molecule has 1 unspecified atom stereocenters. The van der Waals surface area contributed by atoms with E-state index >= 15 is 0 Å². The minimum atomic E-state index is -4.17. The number of amides is 3. The molecule has 0 aliphatic carbocycles. The van der Waals surface area contributed by atoms with Crippen LogP contribution < -0.4 is 25.4 Å². The maximum absolute atomic E-state index is 12.8. The van der Waals surface area contributed by atoms with Crippen molar-refractivity contribution in [3.05, 3.63) is 60.2 Å². The van der Waals surface area contributed by atoms with Gasteiger partial charge >= 0.3 is 18.2 Å². The standard InChI is InChI=1S/C29H40N4O10S/c1-29(2,3)43-28(37)32-19-24(26(35)40-4)33-44(38,39)23-14-12-22(13-15-23)41-18-8-11-25(34)30-16-17-31-27(36)42-20-21-9-6-5-7-10-21/h5-7,9-10,12-15,24,33H,8,11,16-20H2,1-4H3,(H,30,34)(H,31,36)(H,32,37). The highest BCUT2D eigenvalue weighted by molar-refractivity contribution is 7.89. The smallest absolute Gasteiger partial charge is 0.407 e. The summed E-state index contributed by atoms with van der Waals surface area (Å²) in [5.74, 6) is -0.744. The predicted octanol–water partition coefficient (Wildman–Crippen LogP) is 2.23. The lowest BCUT2D eigenvalue weighted by atomic mass is 10.2. The molecule has 0 aromatic heterocycles. The van der Waals surface area contributed by atoms with E-state index < -0.39 is 46.4 Å². The van der Waals surface area contributed by atoms with Crippen LogP contribution in [-0.4, -0.2) is 77.5 Å². The van der Waals surface area contributed by atoms with Crippen LogP contribution in [0, 0.1) is 0 Å². The molecule has 0 heterocycles. The number of benzene rings is 2. The second-order valence-electron chi connectivity index (χ2n) is 10.3. The maximum atomic E-state index is 12.8. The summed E-state index contributed by atoms with van der Waals surface area (Å²) in [5.41, 5.74) is 0.0893. The Labute approximate surface area is 257 Å². The lowest BCUT2D eigenvalue weighted by molar-refractivity contribution is -0.142. The summed E-state index contributed by atoms with van der Waals surface area (Å²) in [6.07, 6.45) is -0.824. The molecule has 3 amide bonds. The molecule has 2 aromatic rings. The summed E-state index contributed by atoms with van der Waals surface area (Å²) in [7, 11) is -3.07. The number of sulfonamides is 1. The Morgan fingerprint density at radius 1 is 0.864 bits per heavy atom. The van der Waals surface area contributed by atoms with Gasteiger partial charge in [0.2, 0.25) is 15.9 Å². The van der Waals surface area contributed by atoms with Crippen LogP contribution in [-0.2, 0) is 40.4 Å². The van der Waals surface area contributed by atoms with E-state index in [9.17, 15) is 27.6 Å². The van der Waals surface area contributed by atoms with Crippen LogP contribution in [0.15, 0.2) is 59.5 Å². The van der Waals surface area contributed by atoms with E-state index in [4.69, 9.17) is 14.2 Å². The Morgan fingerprint density at radius 2 is 1.52 bits per heavy atom. The Bertz CT molecular complexity index is 1330. The van der Waals surface area contributed by atoms with E-state index in [2.05, 4.69) is 25.4 Å². The monoisotopic (exact) mass is 636 g/mol. The second kappa shape index (κ2) is 17.7. The van der Waals surface area contributed by atoms with Gasteiger partial charge in [0, 0.05) is 26.1 Å². The summed E-state index contributed by atoms with van der Waals surface area (Å²) in [4.78, 5) is 47.6. The molecule has 242 valence electrons. The molecule has 0 saturated carbocycles. The zero-order valence-corrected chi connectivity index (χ0v) is 26.0. The van der Waals surface area contributed by atoms with Crippen LogP contribution in [0.2, 0.25) is 0 Å². The highest BCUT2D eigenvalue weighted by Gasteiger charge is 2.28. The van der Waals surface area contributed by atoms with E-state index in [-0.39, 0.29) is 43.5 Å². The summed E-state index contributed by atoms with van der Waals surface area (Å²) >= 11 is 0. The van der Waals surface area contributed by atoms with Gasteiger partial charge < -0.3 is 34.9 Å². The highest BCUT2D eigenvalue weighted by Crippen LogP contribution is 2.17. The second-order valence-corrected chi connectivity index (χ2v) is 12.1. The number of hydrogen-bond acceptors (Lipinski definition) is 10. The maximum Gasteiger partial charge on any atom is 0.407 e. The third-order valence-electron chi connectivity index (χ3n) is 5.51. The van der Waals surface area contributed by atoms with Crippen molar-refractivity contribution in [3.63, 3.8) is 0 Å². The quantitative estimate of drug-likeness (QED) is 0.121. The molecule has 0 fully saturated rings. The number of ether oxygens (including phenoxy) is 4. The van der Waals surface area contributed by atoms with Crippen LogP contribution >= 0.6 is 0 Å². The molecule has 2 rings (SSSR count). The number of alkyl carbamates (subject to hydrolysis) is 2. The Morgan fingerprint density at radius 3 is 2.16 bits per heavy atom. The number of carbonyl (C=O) groups excluding carboxylic acids is 4. The van der Waals surface area contributed by atoms with Crippen LogP contribution in [0.4, 0.5) is 9.59 Å². The molecule has 0 aliphatic heterocycles. The molecule has 0 spiro atoms. The first-order chi connectivity index (χ1) is 20.8. The molecule has 2 aromatic carbocycles. The third-order valence-corrected chi connectivity index (χ3v) is 7.00. The molecule has 0 saturated heterocycles. The van der Waals surface area contributed by atoms with Crippen molar-refractivity contribution in [2.24, 2.45) is 0 Å². The van der Waals surface area contributed by atoms with Crippen LogP contribution in [0.1, 0.15) is 39.2 Å². The van der Waals surface area contributed by atoms with E-state index in [1.165, 1.54) is 24.3 Å². The summed E-state index contributed by atoms with van der Waals surface area (Å²) < 4.78 is 48.3. The molecule has 4 N–H and O–H groups in total. The van der Waals surface area contributed by atoms with Crippen molar-refractivity contribution in [3.8, 4) is 5.75 Å². The number of esters is 1. The van der Waals surface area contributed by atoms with Gasteiger partial charge in [-0.25, -0.2) is 18.0 Å².